The zero-order valence-electron chi connectivity index (χ0n) is 16.7. The molecular formula is C21H28N3O4+. The zero-order chi connectivity index (χ0) is 20.1. The SMILES string of the molecule is CCOc1ccc(NC(=O)N2CCc3cc(OC)c(OC)cc3[C@H]2C[NH3+])cc1. The molecule has 7 heteroatoms. The maximum Gasteiger partial charge on any atom is 0.322 e. The molecule has 4 N–H and O–H groups in total. The van der Waals surface area contributed by atoms with Gasteiger partial charge in [-0.25, -0.2) is 4.79 Å². The molecule has 0 saturated carbocycles. The topological polar surface area (TPSA) is 87.7 Å². The van der Waals surface area contributed by atoms with Gasteiger partial charge in [0.15, 0.2) is 11.5 Å². The zero-order valence-corrected chi connectivity index (χ0v) is 16.7. The summed E-state index contributed by atoms with van der Waals surface area (Å²) in [6.45, 7) is 3.73. The molecule has 0 spiro atoms. The van der Waals surface area contributed by atoms with E-state index in [1.54, 1.807) is 14.2 Å². The monoisotopic (exact) mass is 386 g/mol. The fourth-order valence-corrected chi connectivity index (χ4v) is 3.58. The Balaban J connectivity index is 1.80. The van der Waals surface area contributed by atoms with Crippen LogP contribution >= 0.6 is 0 Å². The summed E-state index contributed by atoms with van der Waals surface area (Å²) < 4.78 is 16.3. The van der Waals surface area contributed by atoms with Gasteiger partial charge < -0.3 is 30.2 Å². The molecule has 1 aliphatic heterocycles. The Hall–Kier alpha value is -2.93. The number of methoxy groups -OCH3 is 2. The summed E-state index contributed by atoms with van der Waals surface area (Å²) in [5.74, 6) is 2.15. The van der Waals surface area contributed by atoms with E-state index < -0.39 is 0 Å². The minimum Gasteiger partial charge on any atom is -0.494 e. The van der Waals surface area contributed by atoms with Crippen LogP contribution in [0.4, 0.5) is 10.5 Å². The van der Waals surface area contributed by atoms with Gasteiger partial charge in [-0.05, 0) is 60.9 Å². The Bertz CT molecular complexity index is 823. The van der Waals surface area contributed by atoms with Gasteiger partial charge in [0.2, 0.25) is 0 Å². The molecule has 1 aliphatic rings. The number of hydrogen-bond acceptors (Lipinski definition) is 4. The molecule has 2 amide bonds. The second kappa shape index (κ2) is 8.84. The van der Waals surface area contributed by atoms with Crippen molar-refractivity contribution in [2.75, 3.05) is 39.2 Å². The van der Waals surface area contributed by atoms with E-state index in [4.69, 9.17) is 14.2 Å². The number of benzene rings is 2. The maximum atomic E-state index is 12.9. The molecule has 0 saturated heterocycles. The van der Waals surface area contributed by atoms with Crippen molar-refractivity contribution in [2.45, 2.75) is 19.4 Å². The van der Waals surface area contributed by atoms with Crippen LogP contribution in [-0.2, 0) is 6.42 Å². The largest absolute Gasteiger partial charge is 0.494 e. The molecule has 7 nitrogen and oxygen atoms in total. The summed E-state index contributed by atoms with van der Waals surface area (Å²) in [7, 11) is 3.24. The van der Waals surface area contributed by atoms with Crippen LogP contribution in [0.15, 0.2) is 36.4 Å². The molecule has 0 fully saturated rings. The fraction of sp³-hybridized carbons (Fsp3) is 0.381. The molecule has 1 heterocycles. The average molecular weight is 386 g/mol. The van der Waals surface area contributed by atoms with Gasteiger partial charge in [0.25, 0.3) is 0 Å². The average Bonchev–Trinajstić information content (AvgIpc) is 2.73. The first-order chi connectivity index (χ1) is 13.6. The molecule has 2 aromatic rings. The van der Waals surface area contributed by atoms with Gasteiger partial charge in [-0.1, -0.05) is 0 Å². The van der Waals surface area contributed by atoms with Crippen molar-refractivity contribution in [3.63, 3.8) is 0 Å². The van der Waals surface area contributed by atoms with Crippen molar-refractivity contribution in [1.29, 1.82) is 0 Å². The number of fused-ring (bicyclic) bond motifs is 1. The normalized spacial score (nSPS) is 15.6. The number of quaternary nitrogens is 1. The lowest BCUT2D eigenvalue weighted by molar-refractivity contribution is -0.378. The Morgan fingerprint density at radius 3 is 2.46 bits per heavy atom. The fourth-order valence-electron chi connectivity index (χ4n) is 3.58. The highest BCUT2D eigenvalue weighted by Gasteiger charge is 2.32. The highest BCUT2D eigenvalue weighted by atomic mass is 16.5. The van der Waals surface area contributed by atoms with E-state index in [0.717, 1.165) is 29.0 Å². The molecule has 28 heavy (non-hydrogen) atoms. The molecule has 3 rings (SSSR count). The van der Waals surface area contributed by atoms with Crippen molar-refractivity contribution in [1.82, 2.24) is 4.90 Å². The Morgan fingerprint density at radius 2 is 1.86 bits per heavy atom. The molecule has 2 aromatic carbocycles. The number of ether oxygens (including phenoxy) is 3. The summed E-state index contributed by atoms with van der Waals surface area (Å²) >= 11 is 0. The Kier molecular flexibility index (Phi) is 6.26. The van der Waals surface area contributed by atoms with Crippen molar-refractivity contribution >= 4 is 11.7 Å². The predicted molar refractivity (Wildman–Crippen MR) is 107 cm³/mol. The summed E-state index contributed by atoms with van der Waals surface area (Å²) in [5.41, 5.74) is 7.02. The van der Waals surface area contributed by atoms with Crippen molar-refractivity contribution < 1.29 is 24.7 Å². The van der Waals surface area contributed by atoms with E-state index in [1.165, 1.54) is 0 Å². The second-order valence-electron chi connectivity index (χ2n) is 6.54. The number of urea groups is 1. The summed E-state index contributed by atoms with van der Waals surface area (Å²) in [4.78, 5) is 14.8. The number of carbonyl (C=O) groups excluding carboxylic acids is 1. The van der Waals surface area contributed by atoms with E-state index in [-0.39, 0.29) is 12.1 Å². The van der Waals surface area contributed by atoms with E-state index in [2.05, 4.69) is 11.1 Å². The standard InChI is InChI=1S/C21H27N3O4/c1-4-28-16-7-5-15(6-8-16)23-21(25)24-10-9-14-11-19(26-2)20(27-3)12-17(14)18(24)13-22/h5-8,11-12,18H,4,9-10,13,22H2,1-3H3,(H,23,25)/p+1/t18-/m1/s1. The van der Waals surface area contributed by atoms with Gasteiger partial charge in [-0.2, -0.15) is 0 Å². The number of carbonyl (C=O) groups is 1. The van der Waals surface area contributed by atoms with Crippen molar-refractivity contribution in [3.05, 3.63) is 47.5 Å². The van der Waals surface area contributed by atoms with Crippen LogP contribution < -0.4 is 25.3 Å². The van der Waals surface area contributed by atoms with Crippen LogP contribution in [0, 0.1) is 0 Å². The Labute approximate surface area is 165 Å². The molecule has 0 unspecified atom stereocenters. The molecule has 0 aliphatic carbocycles. The third-order valence-corrected chi connectivity index (χ3v) is 4.95. The third kappa shape index (κ3) is 3.99. The van der Waals surface area contributed by atoms with E-state index in [0.29, 0.717) is 31.2 Å². The second-order valence-corrected chi connectivity index (χ2v) is 6.54. The lowest BCUT2D eigenvalue weighted by Gasteiger charge is -2.36. The van der Waals surface area contributed by atoms with Crippen LogP contribution in [-0.4, -0.2) is 44.8 Å². The molecule has 0 radical (unpaired) electrons. The highest BCUT2D eigenvalue weighted by molar-refractivity contribution is 5.90. The van der Waals surface area contributed by atoms with Crippen LogP contribution in [0.1, 0.15) is 24.1 Å². The molecule has 0 bridgehead atoms. The number of rotatable bonds is 6. The van der Waals surface area contributed by atoms with Crippen molar-refractivity contribution in [3.8, 4) is 17.2 Å². The summed E-state index contributed by atoms with van der Waals surface area (Å²) in [6.07, 6.45) is 0.753. The van der Waals surface area contributed by atoms with E-state index in [9.17, 15) is 4.79 Å². The first-order valence-electron chi connectivity index (χ1n) is 9.45. The van der Waals surface area contributed by atoms with Crippen LogP contribution in [0.5, 0.6) is 17.2 Å². The molecule has 0 aromatic heterocycles. The summed E-state index contributed by atoms with van der Waals surface area (Å²) in [5, 5.41) is 2.97. The third-order valence-electron chi connectivity index (χ3n) is 4.95. The number of hydrogen-bond donors (Lipinski definition) is 2. The highest BCUT2D eigenvalue weighted by Crippen LogP contribution is 2.37. The maximum absolute atomic E-state index is 12.9. The number of nitrogens with zero attached hydrogens (tertiary/aromatic N) is 1. The molecule has 150 valence electrons. The number of amides is 2. The lowest BCUT2D eigenvalue weighted by Crippen LogP contribution is -2.58. The Morgan fingerprint density at radius 1 is 1.18 bits per heavy atom. The van der Waals surface area contributed by atoms with Crippen LogP contribution in [0.3, 0.4) is 0 Å². The van der Waals surface area contributed by atoms with Crippen LogP contribution in [0.2, 0.25) is 0 Å². The number of nitrogens with one attached hydrogen (secondary N) is 1. The van der Waals surface area contributed by atoms with Crippen molar-refractivity contribution in [2.24, 2.45) is 0 Å². The number of anilines is 1. The minimum absolute atomic E-state index is 0.119. The van der Waals surface area contributed by atoms with Crippen LogP contribution in [0.25, 0.3) is 0 Å². The minimum atomic E-state index is -0.141. The van der Waals surface area contributed by atoms with E-state index >= 15 is 0 Å². The lowest BCUT2D eigenvalue weighted by atomic mass is 9.92. The van der Waals surface area contributed by atoms with Gasteiger partial charge in [-0.3, -0.25) is 0 Å². The first kappa shape index (κ1) is 19.8. The summed E-state index contributed by atoms with van der Waals surface area (Å²) in [6, 6.07) is 11.1. The predicted octanol–water partition coefficient (Wildman–Crippen LogP) is 2.48. The van der Waals surface area contributed by atoms with Gasteiger partial charge in [0.1, 0.15) is 11.8 Å². The van der Waals surface area contributed by atoms with Gasteiger partial charge in [-0.15, -0.1) is 0 Å². The quantitative estimate of drug-likeness (QED) is 0.798. The van der Waals surface area contributed by atoms with Gasteiger partial charge in [0.05, 0.1) is 27.4 Å². The van der Waals surface area contributed by atoms with Gasteiger partial charge >= 0.3 is 6.03 Å². The van der Waals surface area contributed by atoms with Gasteiger partial charge in [0, 0.05) is 12.2 Å². The first-order valence-corrected chi connectivity index (χ1v) is 9.45. The molecule has 1 atom stereocenters. The smallest absolute Gasteiger partial charge is 0.322 e. The van der Waals surface area contributed by atoms with E-state index in [1.807, 2.05) is 48.2 Å². The molecular weight excluding hydrogens is 358 g/mol.